The summed E-state index contributed by atoms with van der Waals surface area (Å²) in [6.07, 6.45) is 1.92. The molecule has 2 aromatic rings. The van der Waals surface area contributed by atoms with Gasteiger partial charge in [-0.05, 0) is 49.7 Å². The molecule has 0 aromatic heterocycles. The van der Waals surface area contributed by atoms with Gasteiger partial charge < -0.3 is 14.8 Å². The molecule has 0 bridgehead atoms. The number of unbranched alkanes of at least 4 members (excludes halogenated alkanes) is 1. The van der Waals surface area contributed by atoms with Gasteiger partial charge in [0, 0.05) is 11.3 Å². The summed E-state index contributed by atoms with van der Waals surface area (Å²) >= 11 is 12.4. The lowest BCUT2D eigenvalue weighted by atomic mass is 10.2. The summed E-state index contributed by atoms with van der Waals surface area (Å²) in [6.45, 7) is 5.11. The first-order valence-electron chi connectivity index (χ1n) is 8.21. The number of hydrogen-bond donors (Lipinski definition) is 1. The first-order valence-corrected chi connectivity index (χ1v) is 8.96. The summed E-state index contributed by atoms with van der Waals surface area (Å²) in [5.41, 5.74) is 1.02. The minimum absolute atomic E-state index is 0.298. The van der Waals surface area contributed by atoms with Crippen LogP contribution in [0.2, 0.25) is 10.0 Å². The van der Waals surface area contributed by atoms with Crippen LogP contribution in [0.5, 0.6) is 11.5 Å². The van der Waals surface area contributed by atoms with Crippen LogP contribution in [0, 0.1) is 0 Å². The molecular formula is C19H21Cl2NO3. The Kier molecular flexibility index (Phi) is 7.41. The standard InChI is InChI=1S/C19H21Cl2NO3/c1-3-5-10-25-18-16(20)11-13(12-17(18)21)19(23)22-14-6-8-15(9-7-14)24-4-2/h6-9,11-12H,3-5,10H2,1-2H3,(H,22,23). The number of benzene rings is 2. The second-order valence-corrected chi connectivity index (χ2v) is 6.20. The quantitative estimate of drug-likeness (QED) is 0.585. The van der Waals surface area contributed by atoms with E-state index in [1.165, 1.54) is 0 Å². The lowest BCUT2D eigenvalue weighted by Crippen LogP contribution is -2.12. The predicted octanol–water partition coefficient (Wildman–Crippen LogP) is 5.82. The second kappa shape index (κ2) is 9.54. The number of halogens is 2. The SMILES string of the molecule is CCCCOc1c(Cl)cc(C(=O)Nc2ccc(OCC)cc2)cc1Cl. The minimum atomic E-state index is -0.298. The molecule has 0 aliphatic carbocycles. The molecule has 0 aliphatic heterocycles. The molecule has 25 heavy (non-hydrogen) atoms. The highest BCUT2D eigenvalue weighted by Gasteiger charge is 2.14. The topological polar surface area (TPSA) is 47.6 Å². The van der Waals surface area contributed by atoms with Crippen LogP contribution >= 0.6 is 23.2 Å². The van der Waals surface area contributed by atoms with E-state index in [4.69, 9.17) is 32.7 Å². The molecule has 0 heterocycles. The Morgan fingerprint density at radius 3 is 2.24 bits per heavy atom. The largest absolute Gasteiger partial charge is 0.494 e. The number of carbonyl (C=O) groups excluding carboxylic acids is 1. The number of rotatable bonds is 8. The molecule has 0 unspecified atom stereocenters. The van der Waals surface area contributed by atoms with Gasteiger partial charge in [-0.15, -0.1) is 0 Å². The Bertz CT molecular complexity index is 694. The molecule has 1 N–H and O–H groups in total. The summed E-state index contributed by atoms with van der Waals surface area (Å²) in [7, 11) is 0. The molecule has 2 aromatic carbocycles. The third-order valence-electron chi connectivity index (χ3n) is 3.43. The van der Waals surface area contributed by atoms with Crippen molar-refractivity contribution in [3.05, 3.63) is 52.0 Å². The van der Waals surface area contributed by atoms with Crippen LogP contribution in [0.1, 0.15) is 37.0 Å². The zero-order chi connectivity index (χ0) is 18.2. The third kappa shape index (κ3) is 5.55. The van der Waals surface area contributed by atoms with Gasteiger partial charge in [-0.3, -0.25) is 4.79 Å². The van der Waals surface area contributed by atoms with Crippen molar-refractivity contribution in [1.82, 2.24) is 0 Å². The van der Waals surface area contributed by atoms with Crippen LogP contribution in [0.25, 0.3) is 0 Å². The summed E-state index contributed by atoms with van der Waals surface area (Å²) in [5, 5.41) is 3.44. The van der Waals surface area contributed by atoms with Gasteiger partial charge in [0.2, 0.25) is 0 Å². The van der Waals surface area contributed by atoms with E-state index < -0.39 is 0 Å². The van der Waals surface area contributed by atoms with E-state index in [0.717, 1.165) is 18.6 Å². The van der Waals surface area contributed by atoms with Gasteiger partial charge in [-0.25, -0.2) is 0 Å². The molecule has 0 fully saturated rings. The fourth-order valence-corrected chi connectivity index (χ4v) is 2.75. The second-order valence-electron chi connectivity index (χ2n) is 5.38. The van der Waals surface area contributed by atoms with Gasteiger partial charge in [0.1, 0.15) is 5.75 Å². The first kappa shape index (κ1) is 19.4. The summed E-state index contributed by atoms with van der Waals surface area (Å²) in [6, 6.07) is 10.2. The van der Waals surface area contributed by atoms with Crippen LogP contribution in [-0.2, 0) is 0 Å². The number of nitrogens with one attached hydrogen (secondary N) is 1. The Balaban J connectivity index is 2.08. The first-order chi connectivity index (χ1) is 12.0. The lowest BCUT2D eigenvalue weighted by molar-refractivity contribution is 0.102. The third-order valence-corrected chi connectivity index (χ3v) is 3.99. The van der Waals surface area contributed by atoms with Gasteiger partial charge in [-0.1, -0.05) is 36.5 Å². The average Bonchev–Trinajstić information content (AvgIpc) is 2.59. The molecule has 134 valence electrons. The van der Waals surface area contributed by atoms with Crippen molar-refractivity contribution in [3.8, 4) is 11.5 Å². The molecule has 0 spiro atoms. The van der Waals surface area contributed by atoms with Crippen molar-refractivity contribution in [2.24, 2.45) is 0 Å². The van der Waals surface area contributed by atoms with Gasteiger partial charge in [0.25, 0.3) is 5.91 Å². The van der Waals surface area contributed by atoms with E-state index >= 15 is 0 Å². The van der Waals surface area contributed by atoms with Crippen LogP contribution in [0.4, 0.5) is 5.69 Å². The highest BCUT2D eigenvalue weighted by atomic mass is 35.5. The monoisotopic (exact) mass is 381 g/mol. The number of anilines is 1. The van der Waals surface area contributed by atoms with Crippen molar-refractivity contribution >= 4 is 34.8 Å². The predicted molar refractivity (Wildman–Crippen MR) is 102 cm³/mol. The maximum absolute atomic E-state index is 12.4. The number of ether oxygens (including phenoxy) is 2. The Labute approximate surface area is 158 Å². The molecule has 4 nitrogen and oxygen atoms in total. The number of amides is 1. The number of hydrogen-bond acceptors (Lipinski definition) is 3. The van der Waals surface area contributed by atoms with Crippen LogP contribution < -0.4 is 14.8 Å². The molecule has 6 heteroatoms. The van der Waals surface area contributed by atoms with E-state index in [-0.39, 0.29) is 5.91 Å². The Morgan fingerprint density at radius 1 is 1.04 bits per heavy atom. The highest BCUT2D eigenvalue weighted by Crippen LogP contribution is 2.34. The molecule has 0 radical (unpaired) electrons. The summed E-state index contributed by atoms with van der Waals surface area (Å²) in [5.74, 6) is 0.864. The molecule has 0 saturated carbocycles. The van der Waals surface area contributed by atoms with Crippen molar-refractivity contribution in [2.75, 3.05) is 18.5 Å². The maximum Gasteiger partial charge on any atom is 0.255 e. The van der Waals surface area contributed by atoms with Gasteiger partial charge in [-0.2, -0.15) is 0 Å². The normalized spacial score (nSPS) is 10.4. The lowest BCUT2D eigenvalue weighted by Gasteiger charge is -2.12. The average molecular weight is 382 g/mol. The fourth-order valence-electron chi connectivity index (χ4n) is 2.15. The van der Waals surface area contributed by atoms with Crippen molar-refractivity contribution in [3.63, 3.8) is 0 Å². The van der Waals surface area contributed by atoms with Crippen molar-refractivity contribution < 1.29 is 14.3 Å². The van der Waals surface area contributed by atoms with E-state index in [1.54, 1.807) is 36.4 Å². The Hall–Kier alpha value is -1.91. The van der Waals surface area contributed by atoms with Crippen LogP contribution in [0.3, 0.4) is 0 Å². The minimum Gasteiger partial charge on any atom is -0.494 e. The molecule has 0 saturated heterocycles. The fraction of sp³-hybridized carbons (Fsp3) is 0.316. The van der Waals surface area contributed by atoms with Gasteiger partial charge in [0.05, 0.1) is 23.3 Å². The smallest absolute Gasteiger partial charge is 0.255 e. The van der Waals surface area contributed by atoms with Crippen molar-refractivity contribution in [2.45, 2.75) is 26.7 Å². The zero-order valence-corrected chi connectivity index (χ0v) is 15.8. The van der Waals surface area contributed by atoms with E-state index in [2.05, 4.69) is 12.2 Å². The van der Waals surface area contributed by atoms with E-state index in [0.29, 0.717) is 40.3 Å². The summed E-state index contributed by atoms with van der Waals surface area (Å²) in [4.78, 5) is 12.4. The Morgan fingerprint density at radius 2 is 1.68 bits per heavy atom. The number of carbonyl (C=O) groups is 1. The molecule has 0 atom stereocenters. The molecule has 0 aliphatic rings. The maximum atomic E-state index is 12.4. The van der Waals surface area contributed by atoms with Crippen LogP contribution in [-0.4, -0.2) is 19.1 Å². The van der Waals surface area contributed by atoms with Gasteiger partial charge in [0.15, 0.2) is 5.75 Å². The van der Waals surface area contributed by atoms with E-state index in [1.807, 2.05) is 6.92 Å². The van der Waals surface area contributed by atoms with Crippen molar-refractivity contribution in [1.29, 1.82) is 0 Å². The van der Waals surface area contributed by atoms with Gasteiger partial charge >= 0.3 is 0 Å². The zero-order valence-electron chi connectivity index (χ0n) is 14.3. The summed E-state index contributed by atoms with van der Waals surface area (Å²) < 4.78 is 11.0. The van der Waals surface area contributed by atoms with E-state index in [9.17, 15) is 4.79 Å². The molecule has 1 amide bonds. The van der Waals surface area contributed by atoms with Crippen LogP contribution in [0.15, 0.2) is 36.4 Å². The molecule has 2 rings (SSSR count). The molecular weight excluding hydrogens is 361 g/mol. The highest BCUT2D eigenvalue weighted by molar-refractivity contribution is 6.37.